The van der Waals surface area contributed by atoms with Crippen LogP contribution in [0.5, 0.6) is 0 Å². The maximum Gasteiger partial charge on any atom is 0.257 e. The summed E-state index contributed by atoms with van der Waals surface area (Å²) in [5.74, 6) is -0.377. The highest BCUT2D eigenvalue weighted by atomic mass is 32.1. The largest absolute Gasteiger partial charge is 0.472 e. The summed E-state index contributed by atoms with van der Waals surface area (Å²) in [5, 5.41) is 6.02. The first-order valence-electron chi connectivity index (χ1n) is 9.25. The van der Waals surface area contributed by atoms with Gasteiger partial charge in [0.1, 0.15) is 6.26 Å². The number of carbonyl (C=O) groups excluding carboxylic acids is 2. The van der Waals surface area contributed by atoms with Crippen molar-refractivity contribution in [3.63, 3.8) is 0 Å². The average molecular weight is 395 g/mol. The zero-order valence-electron chi connectivity index (χ0n) is 15.6. The van der Waals surface area contributed by atoms with E-state index in [4.69, 9.17) is 4.42 Å². The zero-order chi connectivity index (χ0) is 19.5. The molecular formula is C21H21N3O3S. The number of nitrogens with one attached hydrogen (secondary N) is 1. The zero-order valence-corrected chi connectivity index (χ0v) is 16.4. The Kier molecular flexibility index (Phi) is 5.25. The number of hydrogen-bond acceptors (Lipinski definition) is 5. The van der Waals surface area contributed by atoms with Crippen LogP contribution in [0.15, 0.2) is 52.7 Å². The van der Waals surface area contributed by atoms with Crippen molar-refractivity contribution in [2.24, 2.45) is 5.92 Å². The lowest BCUT2D eigenvalue weighted by Crippen LogP contribution is -2.43. The Morgan fingerprint density at radius 1 is 1.32 bits per heavy atom. The van der Waals surface area contributed by atoms with Crippen molar-refractivity contribution in [3.8, 4) is 11.3 Å². The number of aryl methyl sites for hydroxylation is 1. The van der Waals surface area contributed by atoms with Gasteiger partial charge in [0.2, 0.25) is 5.91 Å². The summed E-state index contributed by atoms with van der Waals surface area (Å²) in [6.07, 6.45) is 4.50. The second kappa shape index (κ2) is 7.98. The molecule has 1 unspecified atom stereocenters. The highest BCUT2D eigenvalue weighted by Gasteiger charge is 2.29. The standard InChI is InChI=1S/C21H21N3O3S/c1-14-22-19(13-28-14)15-4-2-6-18(10-15)23-20(25)16-5-3-8-24(11-16)21(26)17-7-9-27-12-17/h2,4,6-7,9-10,12-13,16H,3,5,8,11H2,1H3,(H,23,25). The van der Waals surface area contributed by atoms with Gasteiger partial charge in [-0.2, -0.15) is 0 Å². The SMILES string of the molecule is Cc1nc(-c2cccc(NC(=O)C3CCCN(C(=O)c4ccoc4)C3)c2)cs1. The van der Waals surface area contributed by atoms with Crippen LogP contribution in [0.1, 0.15) is 28.2 Å². The van der Waals surface area contributed by atoms with Gasteiger partial charge in [0.05, 0.1) is 28.4 Å². The van der Waals surface area contributed by atoms with Crippen molar-refractivity contribution in [2.45, 2.75) is 19.8 Å². The topological polar surface area (TPSA) is 75.4 Å². The van der Waals surface area contributed by atoms with Crippen LogP contribution in [0.4, 0.5) is 5.69 Å². The molecule has 1 aliphatic rings. The van der Waals surface area contributed by atoms with Gasteiger partial charge in [0, 0.05) is 29.7 Å². The number of rotatable bonds is 4. The van der Waals surface area contributed by atoms with E-state index in [1.807, 2.05) is 36.6 Å². The van der Waals surface area contributed by atoms with Crippen LogP contribution in [0.25, 0.3) is 11.3 Å². The van der Waals surface area contributed by atoms with Crippen molar-refractivity contribution >= 4 is 28.8 Å². The molecule has 6 nitrogen and oxygen atoms in total. The minimum atomic E-state index is -0.227. The minimum Gasteiger partial charge on any atom is -0.472 e. The van der Waals surface area contributed by atoms with E-state index in [2.05, 4.69) is 10.3 Å². The first-order valence-corrected chi connectivity index (χ1v) is 10.1. The molecule has 0 spiro atoms. The summed E-state index contributed by atoms with van der Waals surface area (Å²) < 4.78 is 5.00. The molecule has 0 aliphatic carbocycles. The number of piperidine rings is 1. The molecular weight excluding hydrogens is 374 g/mol. The normalized spacial score (nSPS) is 16.8. The number of nitrogens with zero attached hydrogens (tertiary/aromatic N) is 2. The molecule has 1 aliphatic heterocycles. The minimum absolute atomic E-state index is 0.0590. The Balaban J connectivity index is 1.43. The molecule has 7 heteroatoms. The monoisotopic (exact) mass is 395 g/mol. The smallest absolute Gasteiger partial charge is 0.257 e. The molecule has 1 aromatic carbocycles. The summed E-state index contributed by atoms with van der Waals surface area (Å²) in [6.45, 7) is 3.05. The van der Waals surface area contributed by atoms with E-state index >= 15 is 0 Å². The highest BCUT2D eigenvalue weighted by Crippen LogP contribution is 2.25. The number of amides is 2. The van der Waals surface area contributed by atoms with Crippen LogP contribution >= 0.6 is 11.3 Å². The predicted molar refractivity (Wildman–Crippen MR) is 108 cm³/mol. The van der Waals surface area contributed by atoms with Gasteiger partial charge in [0.15, 0.2) is 0 Å². The predicted octanol–water partition coefficient (Wildman–Crippen LogP) is 4.20. The Bertz CT molecular complexity index is 980. The summed E-state index contributed by atoms with van der Waals surface area (Å²) in [6, 6.07) is 9.35. The fraction of sp³-hybridized carbons (Fsp3) is 0.286. The molecule has 2 amide bonds. The van der Waals surface area contributed by atoms with Crippen LogP contribution in [0, 0.1) is 12.8 Å². The molecule has 1 fully saturated rings. The number of furan rings is 1. The summed E-state index contributed by atoms with van der Waals surface area (Å²) in [5.41, 5.74) is 3.15. The average Bonchev–Trinajstić information content (AvgIpc) is 3.40. The van der Waals surface area contributed by atoms with Crippen molar-refractivity contribution in [3.05, 3.63) is 58.8 Å². The van der Waals surface area contributed by atoms with Crippen LogP contribution in [0.2, 0.25) is 0 Å². The van der Waals surface area contributed by atoms with Crippen LogP contribution in [0.3, 0.4) is 0 Å². The first kappa shape index (κ1) is 18.4. The molecule has 3 aromatic rings. The lowest BCUT2D eigenvalue weighted by atomic mass is 9.96. The second-order valence-electron chi connectivity index (χ2n) is 6.92. The maximum atomic E-state index is 12.8. The molecule has 4 rings (SSSR count). The maximum absolute atomic E-state index is 12.8. The number of thiazole rings is 1. The van der Waals surface area contributed by atoms with Crippen LogP contribution < -0.4 is 5.32 Å². The third-order valence-corrected chi connectivity index (χ3v) is 5.67. The Hall–Kier alpha value is -2.93. The molecule has 2 aromatic heterocycles. The van der Waals surface area contributed by atoms with Gasteiger partial charge in [-0.05, 0) is 38.0 Å². The third-order valence-electron chi connectivity index (χ3n) is 4.89. The number of likely N-dealkylation sites (tertiary alicyclic amines) is 1. The van der Waals surface area contributed by atoms with Crippen molar-refractivity contribution < 1.29 is 14.0 Å². The van der Waals surface area contributed by atoms with Gasteiger partial charge in [-0.3, -0.25) is 9.59 Å². The van der Waals surface area contributed by atoms with Gasteiger partial charge >= 0.3 is 0 Å². The fourth-order valence-corrected chi connectivity index (χ4v) is 4.06. The Morgan fingerprint density at radius 2 is 2.21 bits per heavy atom. The fourth-order valence-electron chi connectivity index (χ4n) is 3.44. The number of carbonyl (C=O) groups is 2. The number of hydrogen-bond donors (Lipinski definition) is 1. The number of aromatic nitrogens is 1. The van der Waals surface area contributed by atoms with Gasteiger partial charge < -0.3 is 14.6 Å². The van der Waals surface area contributed by atoms with Gasteiger partial charge in [-0.25, -0.2) is 4.98 Å². The second-order valence-corrected chi connectivity index (χ2v) is 7.99. The Labute approximate surface area is 167 Å². The summed E-state index contributed by atoms with van der Waals surface area (Å²) >= 11 is 1.60. The summed E-state index contributed by atoms with van der Waals surface area (Å²) in [7, 11) is 0. The first-order chi connectivity index (χ1) is 13.6. The van der Waals surface area contributed by atoms with Gasteiger partial charge in [-0.15, -0.1) is 11.3 Å². The van der Waals surface area contributed by atoms with E-state index in [1.54, 1.807) is 22.3 Å². The van der Waals surface area contributed by atoms with Crippen molar-refractivity contribution in [2.75, 3.05) is 18.4 Å². The molecule has 0 saturated carbocycles. The highest BCUT2D eigenvalue weighted by molar-refractivity contribution is 7.09. The van der Waals surface area contributed by atoms with E-state index in [0.29, 0.717) is 18.7 Å². The molecule has 144 valence electrons. The molecule has 1 N–H and O–H groups in total. The van der Waals surface area contributed by atoms with Crippen LogP contribution in [-0.4, -0.2) is 34.8 Å². The van der Waals surface area contributed by atoms with Crippen molar-refractivity contribution in [1.82, 2.24) is 9.88 Å². The summed E-state index contributed by atoms with van der Waals surface area (Å²) in [4.78, 5) is 31.5. The Morgan fingerprint density at radius 3 is 2.96 bits per heavy atom. The van der Waals surface area contributed by atoms with Crippen molar-refractivity contribution in [1.29, 1.82) is 0 Å². The number of benzene rings is 1. The molecule has 0 radical (unpaired) electrons. The molecule has 0 bridgehead atoms. The van der Waals surface area contributed by atoms with E-state index in [9.17, 15) is 9.59 Å². The quantitative estimate of drug-likeness (QED) is 0.718. The third kappa shape index (κ3) is 3.99. The molecule has 1 saturated heterocycles. The number of anilines is 1. The van der Waals surface area contributed by atoms with E-state index in [1.165, 1.54) is 12.5 Å². The van der Waals surface area contributed by atoms with Gasteiger partial charge in [-0.1, -0.05) is 12.1 Å². The lowest BCUT2D eigenvalue weighted by Gasteiger charge is -2.31. The van der Waals surface area contributed by atoms with Crippen LogP contribution in [-0.2, 0) is 4.79 Å². The van der Waals surface area contributed by atoms with E-state index < -0.39 is 0 Å². The van der Waals surface area contributed by atoms with Gasteiger partial charge in [0.25, 0.3) is 5.91 Å². The lowest BCUT2D eigenvalue weighted by molar-refractivity contribution is -0.121. The molecule has 3 heterocycles. The van der Waals surface area contributed by atoms with E-state index in [0.717, 1.165) is 34.8 Å². The molecule has 28 heavy (non-hydrogen) atoms. The van der Waals surface area contributed by atoms with E-state index in [-0.39, 0.29) is 17.7 Å². The molecule has 1 atom stereocenters.